The molecule has 2 aromatic carbocycles. The second-order valence-electron chi connectivity index (χ2n) is 6.58. The molecule has 0 fully saturated rings. The number of aromatic nitrogens is 1. The van der Waals surface area contributed by atoms with Gasteiger partial charge in [-0.15, -0.1) is 0 Å². The molecular formula is C20H15F5N2O2. The van der Waals surface area contributed by atoms with Crippen LogP contribution in [0.25, 0.3) is 10.9 Å². The maximum absolute atomic E-state index is 14.9. The van der Waals surface area contributed by atoms with E-state index in [1.807, 2.05) is 5.32 Å². The Balaban J connectivity index is 1.99. The minimum atomic E-state index is -4.29. The number of nitrogens with one attached hydrogen (secondary N) is 2. The third-order valence-corrected chi connectivity index (χ3v) is 4.61. The van der Waals surface area contributed by atoms with Crippen molar-refractivity contribution in [3.63, 3.8) is 0 Å². The third-order valence-electron chi connectivity index (χ3n) is 4.61. The average Bonchev–Trinajstić information content (AvgIpc) is 2.62. The zero-order valence-electron chi connectivity index (χ0n) is 15.2. The first kappa shape index (κ1) is 20.5. The molecular weight excluding hydrogens is 395 g/mol. The quantitative estimate of drug-likeness (QED) is 0.633. The van der Waals surface area contributed by atoms with Crippen LogP contribution in [0, 0.1) is 24.4 Å². The molecule has 1 heterocycles. The smallest absolute Gasteiger partial charge is 0.344 e. The Labute approximate surface area is 161 Å². The number of aromatic amines is 1. The maximum Gasteiger partial charge on any atom is 0.355 e. The summed E-state index contributed by atoms with van der Waals surface area (Å²) in [5, 5.41) is 1.95. The molecule has 1 amide bonds. The van der Waals surface area contributed by atoms with Crippen molar-refractivity contribution in [3.8, 4) is 0 Å². The first-order chi connectivity index (χ1) is 13.5. The molecule has 9 heteroatoms. The Kier molecular flexibility index (Phi) is 5.16. The van der Waals surface area contributed by atoms with Crippen molar-refractivity contribution in [1.29, 1.82) is 0 Å². The van der Waals surface area contributed by atoms with Crippen molar-refractivity contribution in [2.75, 3.05) is 0 Å². The highest BCUT2D eigenvalue weighted by molar-refractivity contribution is 5.89. The van der Waals surface area contributed by atoms with E-state index in [0.29, 0.717) is 6.07 Å². The number of amides is 1. The van der Waals surface area contributed by atoms with Crippen molar-refractivity contribution in [2.45, 2.75) is 25.8 Å². The number of rotatable bonds is 4. The normalized spacial score (nSPS) is 12.8. The van der Waals surface area contributed by atoms with Crippen LogP contribution in [0.15, 0.2) is 41.2 Å². The number of fused-ring (bicyclic) bond motifs is 1. The minimum Gasteiger partial charge on any atom is -0.344 e. The molecule has 3 aromatic rings. The van der Waals surface area contributed by atoms with E-state index in [0.717, 1.165) is 24.3 Å². The second-order valence-corrected chi connectivity index (χ2v) is 6.58. The van der Waals surface area contributed by atoms with E-state index in [9.17, 15) is 31.5 Å². The SMILES string of the molecule is Cc1c(C(F)(F)C(=O)N[C@H](C)c2ccc(F)cc2F)c(=O)[nH]c2ccc(F)cc12. The van der Waals surface area contributed by atoms with Crippen molar-refractivity contribution in [2.24, 2.45) is 0 Å². The summed E-state index contributed by atoms with van der Waals surface area (Å²) in [6.07, 6.45) is 0. The van der Waals surface area contributed by atoms with Gasteiger partial charge >= 0.3 is 5.92 Å². The Morgan fingerprint density at radius 2 is 1.69 bits per heavy atom. The lowest BCUT2D eigenvalue weighted by Crippen LogP contribution is -2.43. The zero-order valence-corrected chi connectivity index (χ0v) is 15.2. The Morgan fingerprint density at radius 1 is 1.07 bits per heavy atom. The molecule has 4 nitrogen and oxygen atoms in total. The van der Waals surface area contributed by atoms with Crippen molar-refractivity contribution < 1.29 is 26.7 Å². The van der Waals surface area contributed by atoms with Crippen LogP contribution in [-0.2, 0) is 10.7 Å². The average molecular weight is 410 g/mol. The van der Waals surface area contributed by atoms with Crippen LogP contribution >= 0.6 is 0 Å². The van der Waals surface area contributed by atoms with Gasteiger partial charge < -0.3 is 10.3 Å². The summed E-state index contributed by atoms with van der Waals surface area (Å²) in [5.74, 6) is -8.72. The summed E-state index contributed by atoms with van der Waals surface area (Å²) in [7, 11) is 0. The van der Waals surface area contributed by atoms with E-state index < -0.39 is 46.4 Å². The van der Waals surface area contributed by atoms with E-state index in [2.05, 4.69) is 4.98 Å². The topological polar surface area (TPSA) is 62.0 Å². The van der Waals surface area contributed by atoms with Crippen molar-refractivity contribution in [1.82, 2.24) is 10.3 Å². The Morgan fingerprint density at radius 3 is 2.34 bits per heavy atom. The van der Waals surface area contributed by atoms with Gasteiger partial charge in [0, 0.05) is 22.5 Å². The summed E-state index contributed by atoms with van der Waals surface area (Å²) in [6, 6.07) is 4.52. The molecule has 0 aliphatic carbocycles. The van der Waals surface area contributed by atoms with Gasteiger partial charge in [0.2, 0.25) is 0 Å². The fraction of sp³-hybridized carbons (Fsp3) is 0.200. The van der Waals surface area contributed by atoms with Crippen LogP contribution in [0.2, 0.25) is 0 Å². The molecule has 0 saturated carbocycles. The van der Waals surface area contributed by atoms with Crippen molar-refractivity contribution >= 4 is 16.8 Å². The highest BCUT2D eigenvalue weighted by atomic mass is 19.3. The molecule has 29 heavy (non-hydrogen) atoms. The van der Waals surface area contributed by atoms with Crippen LogP contribution < -0.4 is 10.9 Å². The number of carbonyl (C=O) groups is 1. The number of aryl methyl sites for hydroxylation is 1. The lowest BCUT2D eigenvalue weighted by molar-refractivity contribution is -0.148. The third kappa shape index (κ3) is 3.72. The van der Waals surface area contributed by atoms with Gasteiger partial charge in [-0.2, -0.15) is 8.78 Å². The van der Waals surface area contributed by atoms with Crippen LogP contribution in [0.5, 0.6) is 0 Å². The van der Waals surface area contributed by atoms with Gasteiger partial charge in [0.15, 0.2) is 0 Å². The molecule has 0 radical (unpaired) electrons. The highest BCUT2D eigenvalue weighted by Crippen LogP contribution is 2.32. The van der Waals surface area contributed by atoms with Gasteiger partial charge in [0.25, 0.3) is 11.5 Å². The minimum absolute atomic E-state index is 0.0182. The number of carbonyl (C=O) groups excluding carboxylic acids is 1. The molecule has 3 rings (SSSR count). The van der Waals surface area contributed by atoms with E-state index in [1.54, 1.807) is 0 Å². The maximum atomic E-state index is 14.9. The summed E-state index contributed by atoms with van der Waals surface area (Å²) in [6.45, 7) is 2.41. The zero-order chi connectivity index (χ0) is 21.5. The lowest BCUT2D eigenvalue weighted by atomic mass is 9.98. The molecule has 0 aliphatic rings. The number of hydrogen-bond donors (Lipinski definition) is 2. The van der Waals surface area contributed by atoms with Gasteiger partial charge in [0.05, 0.1) is 11.6 Å². The van der Waals surface area contributed by atoms with Gasteiger partial charge in [-0.25, -0.2) is 13.2 Å². The van der Waals surface area contributed by atoms with Crippen LogP contribution in [0.3, 0.4) is 0 Å². The number of alkyl halides is 2. The van der Waals surface area contributed by atoms with Crippen LogP contribution in [0.4, 0.5) is 22.0 Å². The van der Waals surface area contributed by atoms with Crippen LogP contribution in [0.1, 0.15) is 29.7 Å². The number of hydrogen-bond acceptors (Lipinski definition) is 2. The largest absolute Gasteiger partial charge is 0.355 e. The molecule has 1 atom stereocenters. The predicted molar refractivity (Wildman–Crippen MR) is 96.1 cm³/mol. The van der Waals surface area contributed by atoms with E-state index >= 15 is 0 Å². The summed E-state index contributed by atoms with van der Waals surface area (Å²) >= 11 is 0. The Bertz CT molecular complexity index is 1170. The first-order valence-electron chi connectivity index (χ1n) is 8.48. The first-order valence-corrected chi connectivity index (χ1v) is 8.48. The molecule has 0 spiro atoms. The molecule has 0 bridgehead atoms. The molecule has 0 unspecified atom stereocenters. The predicted octanol–water partition coefficient (Wildman–Crippen LogP) is 4.22. The standard InChI is InChI=1S/C20H15F5N2O2/c1-9-14-7-11(21)4-6-16(14)27-18(28)17(9)20(24,25)19(29)26-10(2)13-5-3-12(22)8-15(13)23/h3-8,10H,1-2H3,(H,26,29)(H,27,28)/t10-/m1/s1. The second kappa shape index (κ2) is 7.31. The number of H-pyrrole nitrogens is 1. The number of halogens is 5. The summed E-state index contributed by atoms with van der Waals surface area (Å²) in [5.41, 5.74) is -2.68. The van der Waals surface area contributed by atoms with Gasteiger partial charge in [-0.1, -0.05) is 6.07 Å². The van der Waals surface area contributed by atoms with Crippen LogP contribution in [-0.4, -0.2) is 10.9 Å². The van der Waals surface area contributed by atoms with Gasteiger partial charge in [-0.3, -0.25) is 9.59 Å². The molecule has 0 aliphatic heterocycles. The van der Waals surface area contributed by atoms with Gasteiger partial charge in [0.1, 0.15) is 17.5 Å². The summed E-state index contributed by atoms with van der Waals surface area (Å²) < 4.78 is 70.1. The van der Waals surface area contributed by atoms with Crippen molar-refractivity contribution in [3.05, 3.63) is 80.9 Å². The monoisotopic (exact) mass is 410 g/mol. The van der Waals surface area contributed by atoms with E-state index in [1.165, 1.54) is 19.9 Å². The number of benzene rings is 2. The molecule has 1 aromatic heterocycles. The summed E-state index contributed by atoms with van der Waals surface area (Å²) in [4.78, 5) is 26.7. The molecule has 2 N–H and O–H groups in total. The fourth-order valence-electron chi connectivity index (χ4n) is 3.13. The van der Waals surface area contributed by atoms with E-state index in [-0.39, 0.29) is 22.0 Å². The lowest BCUT2D eigenvalue weighted by Gasteiger charge is -2.22. The fourth-order valence-corrected chi connectivity index (χ4v) is 3.13. The molecule has 152 valence electrons. The number of pyridine rings is 1. The van der Waals surface area contributed by atoms with E-state index in [4.69, 9.17) is 0 Å². The van der Waals surface area contributed by atoms with Gasteiger partial charge in [-0.05, 0) is 43.7 Å². The highest BCUT2D eigenvalue weighted by Gasteiger charge is 2.45. The Hall–Kier alpha value is -3.23. The molecule has 0 saturated heterocycles.